The second-order valence-electron chi connectivity index (χ2n) is 10.0. The van der Waals surface area contributed by atoms with E-state index in [-0.39, 0.29) is 29.5 Å². The number of pyridine rings is 1. The minimum Gasteiger partial charge on any atom is -0.494 e. The fourth-order valence-corrected chi connectivity index (χ4v) is 5.24. The van der Waals surface area contributed by atoms with Gasteiger partial charge in [0.15, 0.2) is 11.5 Å². The van der Waals surface area contributed by atoms with E-state index < -0.39 is 6.04 Å². The number of aryl methyl sites for hydroxylation is 1. The number of aromatic nitrogens is 1. The summed E-state index contributed by atoms with van der Waals surface area (Å²) < 4.78 is 12.3. The Morgan fingerprint density at radius 3 is 2.76 bits per heavy atom. The summed E-state index contributed by atoms with van der Waals surface area (Å²) in [6.45, 7) is 6.91. The van der Waals surface area contributed by atoms with E-state index in [4.69, 9.17) is 9.47 Å². The molecule has 1 amide bonds. The van der Waals surface area contributed by atoms with Crippen molar-refractivity contribution in [2.75, 3.05) is 11.5 Å². The summed E-state index contributed by atoms with van der Waals surface area (Å²) in [6.07, 6.45) is 6.10. The Kier molecular flexibility index (Phi) is 6.15. The molecule has 1 aromatic heterocycles. The summed E-state index contributed by atoms with van der Waals surface area (Å²) in [5.74, 6) is 1.58. The number of Topliss-reactive ketones (excluding diaryl/α,β-unsaturated/α-hetero) is 1. The molecule has 3 atom stereocenters. The van der Waals surface area contributed by atoms with Crippen LogP contribution in [0.5, 0.6) is 5.75 Å². The number of amides is 1. The van der Waals surface area contributed by atoms with Gasteiger partial charge in [0, 0.05) is 6.20 Å². The van der Waals surface area contributed by atoms with Gasteiger partial charge >= 0.3 is 0 Å². The van der Waals surface area contributed by atoms with Crippen LogP contribution in [-0.2, 0) is 14.3 Å². The van der Waals surface area contributed by atoms with Crippen molar-refractivity contribution in [3.63, 3.8) is 0 Å². The Hall–Kier alpha value is -3.15. The first-order chi connectivity index (χ1) is 16.4. The normalized spacial score (nSPS) is 24.2. The molecule has 0 spiro atoms. The summed E-state index contributed by atoms with van der Waals surface area (Å²) >= 11 is 0. The Bertz CT molecular complexity index is 1140. The zero-order chi connectivity index (χ0) is 23.8. The Morgan fingerprint density at radius 2 is 1.97 bits per heavy atom. The molecule has 0 bridgehead atoms. The Labute approximate surface area is 201 Å². The summed E-state index contributed by atoms with van der Waals surface area (Å²) in [7, 11) is 0. The lowest BCUT2D eigenvalue weighted by atomic mass is 9.77. The molecule has 178 valence electrons. The van der Waals surface area contributed by atoms with Gasteiger partial charge in [0.1, 0.15) is 17.7 Å². The molecule has 2 aliphatic heterocycles. The molecule has 3 aliphatic rings. The van der Waals surface area contributed by atoms with E-state index in [1.807, 2.05) is 43.3 Å². The first-order valence-corrected chi connectivity index (χ1v) is 12.4. The first-order valence-electron chi connectivity index (χ1n) is 12.4. The number of carbonyl (C=O) groups is 2. The highest BCUT2D eigenvalue weighted by Gasteiger charge is 2.52. The van der Waals surface area contributed by atoms with E-state index in [1.54, 1.807) is 11.1 Å². The van der Waals surface area contributed by atoms with Crippen molar-refractivity contribution in [2.24, 2.45) is 11.8 Å². The van der Waals surface area contributed by atoms with Gasteiger partial charge in [0.05, 0.1) is 24.1 Å². The van der Waals surface area contributed by atoms with Gasteiger partial charge in [0.25, 0.3) is 5.91 Å². The van der Waals surface area contributed by atoms with Gasteiger partial charge in [-0.05, 0) is 73.9 Å². The maximum Gasteiger partial charge on any atom is 0.295 e. The number of rotatable bonds is 6. The molecule has 34 heavy (non-hydrogen) atoms. The predicted octanol–water partition coefficient (Wildman–Crippen LogP) is 5.32. The van der Waals surface area contributed by atoms with Crippen LogP contribution in [0.1, 0.15) is 63.1 Å². The minimum atomic E-state index is -0.583. The first kappa shape index (κ1) is 22.6. The summed E-state index contributed by atoms with van der Waals surface area (Å²) in [4.78, 5) is 33.6. The largest absolute Gasteiger partial charge is 0.494 e. The van der Waals surface area contributed by atoms with E-state index in [0.717, 1.165) is 49.0 Å². The molecular weight excluding hydrogens is 428 g/mol. The molecule has 3 unspecified atom stereocenters. The molecule has 2 aromatic rings. The van der Waals surface area contributed by atoms with Gasteiger partial charge < -0.3 is 9.47 Å². The van der Waals surface area contributed by atoms with E-state index >= 15 is 0 Å². The number of benzene rings is 1. The topological polar surface area (TPSA) is 68.7 Å². The van der Waals surface area contributed by atoms with Gasteiger partial charge in [-0.25, -0.2) is 4.98 Å². The Morgan fingerprint density at radius 1 is 1.15 bits per heavy atom. The average molecular weight is 461 g/mol. The maximum atomic E-state index is 13.8. The Balaban J connectivity index is 1.57. The quantitative estimate of drug-likeness (QED) is 0.584. The van der Waals surface area contributed by atoms with Gasteiger partial charge in [-0.2, -0.15) is 0 Å². The number of anilines is 1. The van der Waals surface area contributed by atoms with Gasteiger partial charge in [-0.15, -0.1) is 0 Å². The lowest BCUT2D eigenvalue weighted by molar-refractivity contribution is -0.131. The van der Waals surface area contributed by atoms with E-state index in [2.05, 4.69) is 18.8 Å². The van der Waals surface area contributed by atoms with Crippen molar-refractivity contribution >= 4 is 17.5 Å². The van der Waals surface area contributed by atoms with Gasteiger partial charge in [-0.3, -0.25) is 14.5 Å². The number of hydrogen-bond donors (Lipinski definition) is 0. The van der Waals surface area contributed by atoms with Crippen LogP contribution in [0.4, 0.5) is 5.82 Å². The van der Waals surface area contributed by atoms with Crippen LogP contribution >= 0.6 is 0 Å². The highest BCUT2D eigenvalue weighted by molar-refractivity contribution is 6.17. The fourth-order valence-electron chi connectivity index (χ4n) is 5.24. The molecule has 0 N–H and O–H groups in total. The van der Waals surface area contributed by atoms with Crippen molar-refractivity contribution in [3.8, 4) is 5.75 Å². The number of fused-ring (bicyclic) bond motifs is 1. The highest BCUT2D eigenvalue weighted by atomic mass is 16.5. The van der Waals surface area contributed by atoms with Gasteiger partial charge in [-0.1, -0.05) is 32.4 Å². The zero-order valence-corrected chi connectivity index (χ0v) is 20.1. The van der Waals surface area contributed by atoms with E-state index in [1.165, 1.54) is 0 Å². The third-order valence-electron chi connectivity index (χ3n) is 7.05. The van der Waals surface area contributed by atoms with E-state index in [9.17, 15) is 9.59 Å². The standard InChI is InChI=1S/C28H32N2O4/c1-17(2)12-14-33-20-8-6-7-19(16-20)25-24-26(31)21-9-4-5-10-22(21)34-27(24)28(32)30(25)23-15-18(3)11-13-29-23/h6-8,11,13,15-17,21-22,25H,4-5,9-10,12,14H2,1-3H3. The summed E-state index contributed by atoms with van der Waals surface area (Å²) in [5, 5.41) is 0. The molecule has 6 nitrogen and oxygen atoms in total. The molecule has 1 aromatic carbocycles. The maximum absolute atomic E-state index is 13.8. The molecule has 6 heteroatoms. The number of ether oxygens (including phenoxy) is 2. The van der Waals surface area contributed by atoms with Crippen LogP contribution in [0.25, 0.3) is 0 Å². The van der Waals surface area contributed by atoms with Crippen LogP contribution in [0, 0.1) is 18.8 Å². The summed E-state index contributed by atoms with van der Waals surface area (Å²) in [5.41, 5.74) is 2.29. The van der Waals surface area contributed by atoms with Crippen LogP contribution < -0.4 is 9.64 Å². The third-order valence-corrected chi connectivity index (χ3v) is 7.05. The fraction of sp³-hybridized carbons (Fsp3) is 0.464. The van der Waals surface area contributed by atoms with Crippen LogP contribution in [0.3, 0.4) is 0 Å². The number of ketones is 1. The number of carbonyl (C=O) groups excluding carboxylic acids is 2. The monoisotopic (exact) mass is 460 g/mol. The smallest absolute Gasteiger partial charge is 0.295 e. The van der Waals surface area contributed by atoms with E-state index in [0.29, 0.717) is 23.9 Å². The molecule has 0 saturated heterocycles. The molecule has 3 heterocycles. The van der Waals surface area contributed by atoms with Crippen LogP contribution in [0.15, 0.2) is 53.9 Å². The number of hydrogen-bond acceptors (Lipinski definition) is 5. The molecule has 1 fully saturated rings. The van der Waals surface area contributed by atoms with Crippen molar-refractivity contribution in [2.45, 2.75) is 65.0 Å². The molecule has 1 aliphatic carbocycles. The molecule has 5 rings (SSSR count). The SMILES string of the molecule is Cc1ccnc(N2C(=O)C3=C(C(=O)C4CCCCC4O3)C2c2cccc(OCCC(C)C)c2)c1. The molecule has 0 radical (unpaired) electrons. The highest BCUT2D eigenvalue weighted by Crippen LogP contribution is 2.48. The average Bonchev–Trinajstić information content (AvgIpc) is 3.12. The lowest BCUT2D eigenvalue weighted by Crippen LogP contribution is -2.39. The molecular formula is C28H32N2O4. The van der Waals surface area contributed by atoms with Crippen LogP contribution in [-0.4, -0.2) is 29.4 Å². The second kappa shape index (κ2) is 9.24. The second-order valence-corrected chi connectivity index (χ2v) is 10.0. The van der Waals surface area contributed by atoms with Crippen molar-refractivity contribution in [1.29, 1.82) is 0 Å². The zero-order valence-electron chi connectivity index (χ0n) is 20.1. The van der Waals surface area contributed by atoms with Crippen LogP contribution in [0.2, 0.25) is 0 Å². The minimum absolute atomic E-state index is 0.0468. The molecule has 1 saturated carbocycles. The summed E-state index contributed by atoms with van der Waals surface area (Å²) in [6, 6.07) is 10.9. The van der Waals surface area contributed by atoms with Crippen molar-refractivity contribution in [3.05, 3.63) is 65.1 Å². The van der Waals surface area contributed by atoms with Crippen molar-refractivity contribution in [1.82, 2.24) is 4.98 Å². The third kappa shape index (κ3) is 4.10. The van der Waals surface area contributed by atoms with Crippen molar-refractivity contribution < 1.29 is 19.1 Å². The van der Waals surface area contributed by atoms with Gasteiger partial charge in [0.2, 0.25) is 0 Å². The lowest BCUT2D eigenvalue weighted by Gasteiger charge is -2.35. The number of nitrogens with zero attached hydrogens (tertiary/aromatic N) is 2. The predicted molar refractivity (Wildman–Crippen MR) is 129 cm³/mol.